The van der Waals surface area contributed by atoms with Crippen LogP contribution in [0.1, 0.15) is 30.7 Å². The second-order valence-electron chi connectivity index (χ2n) is 5.54. The third-order valence-corrected chi connectivity index (χ3v) is 3.80. The van der Waals surface area contributed by atoms with Crippen molar-refractivity contribution in [1.29, 1.82) is 0 Å². The highest BCUT2D eigenvalue weighted by molar-refractivity contribution is 5.06. The molecular formula is C14H26N4. The van der Waals surface area contributed by atoms with Crippen molar-refractivity contribution in [1.82, 2.24) is 20.0 Å². The molecule has 0 aromatic carbocycles. The highest BCUT2D eigenvalue weighted by Crippen LogP contribution is 2.08. The van der Waals surface area contributed by atoms with Crippen LogP contribution in [0.2, 0.25) is 0 Å². The standard InChI is InChI=1S/C14H26N4/c1-12-11-13(2)18(16-12)8-4-7-15-14-5-9-17(3)10-6-14/h11,14-15H,4-10H2,1-3H3. The summed E-state index contributed by atoms with van der Waals surface area (Å²) in [5.41, 5.74) is 2.39. The van der Waals surface area contributed by atoms with Crippen molar-refractivity contribution in [2.75, 3.05) is 26.7 Å². The molecule has 1 saturated heterocycles. The largest absolute Gasteiger partial charge is 0.314 e. The van der Waals surface area contributed by atoms with Crippen LogP contribution in [0.3, 0.4) is 0 Å². The molecule has 2 heterocycles. The van der Waals surface area contributed by atoms with Gasteiger partial charge in [-0.2, -0.15) is 5.10 Å². The Labute approximate surface area is 110 Å². The summed E-state index contributed by atoms with van der Waals surface area (Å²) in [5, 5.41) is 8.16. The lowest BCUT2D eigenvalue weighted by molar-refractivity contribution is 0.234. The fourth-order valence-electron chi connectivity index (χ4n) is 2.65. The minimum Gasteiger partial charge on any atom is -0.314 e. The lowest BCUT2D eigenvalue weighted by atomic mass is 10.1. The number of hydrogen-bond donors (Lipinski definition) is 1. The molecule has 1 aliphatic rings. The molecule has 2 rings (SSSR count). The topological polar surface area (TPSA) is 33.1 Å². The molecule has 1 aliphatic heterocycles. The summed E-state index contributed by atoms with van der Waals surface area (Å²) in [6.45, 7) is 8.78. The average molecular weight is 250 g/mol. The quantitative estimate of drug-likeness (QED) is 0.805. The highest BCUT2D eigenvalue weighted by Gasteiger charge is 2.15. The minimum absolute atomic E-state index is 0.724. The third-order valence-electron chi connectivity index (χ3n) is 3.80. The summed E-state index contributed by atoms with van der Waals surface area (Å²) < 4.78 is 2.12. The van der Waals surface area contributed by atoms with Gasteiger partial charge in [0, 0.05) is 18.3 Å². The van der Waals surface area contributed by atoms with Crippen LogP contribution in [-0.4, -0.2) is 47.4 Å². The molecule has 1 N–H and O–H groups in total. The summed E-state index contributed by atoms with van der Waals surface area (Å²) in [6, 6.07) is 2.87. The molecule has 102 valence electrons. The Morgan fingerprint density at radius 1 is 1.33 bits per heavy atom. The number of likely N-dealkylation sites (tertiary alicyclic amines) is 1. The van der Waals surface area contributed by atoms with E-state index >= 15 is 0 Å². The maximum atomic E-state index is 4.49. The predicted molar refractivity (Wildman–Crippen MR) is 74.8 cm³/mol. The van der Waals surface area contributed by atoms with E-state index in [9.17, 15) is 0 Å². The van der Waals surface area contributed by atoms with E-state index in [1.165, 1.54) is 31.6 Å². The molecule has 0 atom stereocenters. The Balaban J connectivity index is 1.63. The smallest absolute Gasteiger partial charge is 0.0596 e. The predicted octanol–water partition coefficient (Wildman–Crippen LogP) is 1.57. The Hall–Kier alpha value is -0.870. The summed E-state index contributed by atoms with van der Waals surface area (Å²) in [5.74, 6) is 0. The van der Waals surface area contributed by atoms with Crippen LogP contribution < -0.4 is 5.32 Å². The van der Waals surface area contributed by atoms with Gasteiger partial charge < -0.3 is 10.2 Å². The maximum absolute atomic E-state index is 4.49. The molecule has 1 aromatic heterocycles. The van der Waals surface area contributed by atoms with Crippen LogP contribution in [0, 0.1) is 13.8 Å². The van der Waals surface area contributed by atoms with Gasteiger partial charge in [0.05, 0.1) is 5.69 Å². The monoisotopic (exact) mass is 250 g/mol. The van der Waals surface area contributed by atoms with E-state index in [4.69, 9.17) is 0 Å². The van der Waals surface area contributed by atoms with E-state index < -0.39 is 0 Å². The lowest BCUT2D eigenvalue weighted by Crippen LogP contribution is -2.41. The van der Waals surface area contributed by atoms with Crippen LogP contribution in [0.15, 0.2) is 6.07 Å². The minimum atomic E-state index is 0.724. The van der Waals surface area contributed by atoms with Gasteiger partial charge in [-0.25, -0.2) is 0 Å². The molecule has 0 spiro atoms. The average Bonchev–Trinajstić information content (AvgIpc) is 2.66. The van der Waals surface area contributed by atoms with Gasteiger partial charge in [0.2, 0.25) is 0 Å². The van der Waals surface area contributed by atoms with Crippen molar-refractivity contribution in [2.45, 2.75) is 45.7 Å². The lowest BCUT2D eigenvalue weighted by Gasteiger charge is -2.29. The molecule has 4 heteroatoms. The molecule has 0 amide bonds. The third kappa shape index (κ3) is 3.82. The van der Waals surface area contributed by atoms with Crippen molar-refractivity contribution in [3.05, 3.63) is 17.5 Å². The van der Waals surface area contributed by atoms with E-state index in [1.54, 1.807) is 0 Å². The number of rotatable bonds is 5. The Kier molecular flexibility index (Phi) is 4.78. The molecular weight excluding hydrogens is 224 g/mol. The van der Waals surface area contributed by atoms with Gasteiger partial charge >= 0.3 is 0 Å². The van der Waals surface area contributed by atoms with E-state index in [-0.39, 0.29) is 0 Å². The molecule has 0 bridgehead atoms. The van der Waals surface area contributed by atoms with Gasteiger partial charge in [-0.3, -0.25) is 4.68 Å². The first-order valence-corrected chi connectivity index (χ1v) is 7.08. The number of aryl methyl sites for hydroxylation is 3. The van der Waals surface area contributed by atoms with Crippen LogP contribution in [0.4, 0.5) is 0 Å². The summed E-state index contributed by atoms with van der Waals surface area (Å²) in [7, 11) is 2.21. The normalized spacial score (nSPS) is 18.4. The number of nitrogens with zero attached hydrogens (tertiary/aromatic N) is 3. The molecule has 0 saturated carbocycles. The maximum Gasteiger partial charge on any atom is 0.0596 e. The zero-order chi connectivity index (χ0) is 13.0. The molecule has 0 radical (unpaired) electrons. The second-order valence-corrected chi connectivity index (χ2v) is 5.54. The van der Waals surface area contributed by atoms with Gasteiger partial charge in [-0.05, 0) is 65.9 Å². The van der Waals surface area contributed by atoms with E-state index in [0.717, 1.165) is 31.2 Å². The summed E-state index contributed by atoms with van der Waals surface area (Å²) in [6.07, 6.45) is 3.74. The van der Waals surface area contributed by atoms with Gasteiger partial charge in [0.1, 0.15) is 0 Å². The van der Waals surface area contributed by atoms with Gasteiger partial charge in [0.25, 0.3) is 0 Å². The van der Waals surface area contributed by atoms with Crippen LogP contribution >= 0.6 is 0 Å². The Morgan fingerprint density at radius 3 is 2.67 bits per heavy atom. The molecule has 4 nitrogen and oxygen atoms in total. The van der Waals surface area contributed by atoms with E-state index in [2.05, 4.69) is 47.0 Å². The number of piperidine rings is 1. The Bertz CT molecular complexity index is 364. The number of nitrogens with one attached hydrogen (secondary N) is 1. The van der Waals surface area contributed by atoms with Crippen LogP contribution in [-0.2, 0) is 6.54 Å². The van der Waals surface area contributed by atoms with Crippen molar-refractivity contribution in [3.63, 3.8) is 0 Å². The number of aromatic nitrogens is 2. The van der Waals surface area contributed by atoms with Crippen molar-refractivity contribution >= 4 is 0 Å². The number of hydrogen-bond acceptors (Lipinski definition) is 3. The first-order valence-electron chi connectivity index (χ1n) is 7.08. The van der Waals surface area contributed by atoms with E-state index in [0.29, 0.717) is 0 Å². The van der Waals surface area contributed by atoms with Crippen molar-refractivity contribution in [3.8, 4) is 0 Å². The van der Waals surface area contributed by atoms with Crippen molar-refractivity contribution in [2.24, 2.45) is 0 Å². The molecule has 0 unspecified atom stereocenters. The first kappa shape index (κ1) is 13.6. The van der Waals surface area contributed by atoms with Gasteiger partial charge in [-0.1, -0.05) is 0 Å². The zero-order valence-corrected chi connectivity index (χ0v) is 11.9. The van der Waals surface area contributed by atoms with E-state index in [1.807, 2.05) is 0 Å². The summed E-state index contributed by atoms with van der Waals surface area (Å²) in [4.78, 5) is 2.41. The zero-order valence-electron chi connectivity index (χ0n) is 11.9. The molecule has 1 aromatic rings. The van der Waals surface area contributed by atoms with Gasteiger partial charge in [-0.15, -0.1) is 0 Å². The summed E-state index contributed by atoms with van der Waals surface area (Å²) >= 11 is 0. The van der Waals surface area contributed by atoms with Crippen LogP contribution in [0.25, 0.3) is 0 Å². The second kappa shape index (κ2) is 6.34. The van der Waals surface area contributed by atoms with Crippen LogP contribution in [0.5, 0.6) is 0 Å². The first-order chi connectivity index (χ1) is 8.65. The molecule has 0 aliphatic carbocycles. The van der Waals surface area contributed by atoms with Gasteiger partial charge in [0.15, 0.2) is 0 Å². The molecule has 1 fully saturated rings. The highest BCUT2D eigenvalue weighted by atomic mass is 15.3. The molecule has 18 heavy (non-hydrogen) atoms. The SMILES string of the molecule is Cc1cc(C)n(CCCNC2CCN(C)CC2)n1. The fourth-order valence-corrected chi connectivity index (χ4v) is 2.65. The Morgan fingerprint density at radius 2 is 2.06 bits per heavy atom. The fraction of sp³-hybridized carbons (Fsp3) is 0.786. The van der Waals surface area contributed by atoms with Crippen molar-refractivity contribution < 1.29 is 0 Å².